The lowest BCUT2D eigenvalue weighted by molar-refractivity contribution is -0.141. The molecule has 0 atom stereocenters. The van der Waals surface area contributed by atoms with Crippen molar-refractivity contribution in [3.63, 3.8) is 0 Å². The summed E-state index contributed by atoms with van der Waals surface area (Å²) >= 11 is 0. The highest BCUT2D eigenvalue weighted by Crippen LogP contribution is 2.31. The van der Waals surface area contributed by atoms with Gasteiger partial charge in [0, 0.05) is 18.2 Å². The van der Waals surface area contributed by atoms with Crippen LogP contribution < -0.4 is 10.4 Å². The molecule has 0 N–H and O–H groups in total. The maximum atomic E-state index is 13.0. The van der Waals surface area contributed by atoms with Crippen LogP contribution in [0.1, 0.15) is 22.4 Å². The molecular formula is C23H20F3N5O2. The summed E-state index contributed by atoms with van der Waals surface area (Å²) in [5.41, 5.74) is 2.43. The molecule has 0 fully saturated rings. The minimum Gasteiger partial charge on any atom is -0.489 e. The highest BCUT2D eigenvalue weighted by atomic mass is 19.4. The van der Waals surface area contributed by atoms with E-state index < -0.39 is 11.9 Å². The Labute approximate surface area is 187 Å². The van der Waals surface area contributed by atoms with Crippen LogP contribution >= 0.6 is 0 Å². The van der Waals surface area contributed by atoms with Crippen molar-refractivity contribution < 1.29 is 17.9 Å². The summed E-state index contributed by atoms with van der Waals surface area (Å²) in [4.78, 5) is 16.0. The van der Waals surface area contributed by atoms with Gasteiger partial charge in [-0.3, -0.25) is 0 Å². The van der Waals surface area contributed by atoms with E-state index in [1.165, 1.54) is 23.9 Å². The fourth-order valence-corrected chi connectivity index (χ4v) is 3.41. The topological polar surface area (TPSA) is 74.8 Å². The summed E-state index contributed by atoms with van der Waals surface area (Å²) in [7, 11) is 1.52. The zero-order valence-electron chi connectivity index (χ0n) is 18.1. The Morgan fingerprint density at radius 1 is 0.970 bits per heavy atom. The number of hydrogen-bond acceptors (Lipinski definition) is 5. The first kappa shape index (κ1) is 22.3. The van der Waals surface area contributed by atoms with E-state index in [0.717, 1.165) is 27.4 Å². The van der Waals surface area contributed by atoms with Crippen LogP contribution in [0.25, 0.3) is 16.9 Å². The van der Waals surface area contributed by atoms with Crippen LogP contribution in [0.15, 0.2) is 59.4 Å². The fourth-order valence-electron chi connectivity index (χ4n) is 3.41. The largest absolute Gasteiger partial charge is 0.489 e. The summed E-state index contributed by atoms with van der Waals surface area (Å²) < 4.78 is 47.3. The molecule has 0 spiro atoms. The minimum atomic E-state index is -4.51. The van der Waals surface area contributed by atoms with Crippen molar-refractivity contribution in [3.05, 3.63) is 87.5 Å². The number of halogens is 3. The van der Waals surface area contributed by atoms with Crippen molar-refractivity contribution in [1.82, 2.24) is 24.8 Å². The lowest BCUT2D eigenvalue weighted by atomic mass is 10.1. The molecule has 0 saturated heterocycles. The number of aryl methyl sites for hydroxylation is 3. The molecule has 7 nitrogen and oxygen atoms in total. The second-order valence-corrected chi connectivity index (χ2v) is 7.54. The lowest BCUT2D eigenvalue weighted by Crippen LogP contribution is -2.23. The Bertz CT molecular complexity index is 1380. The highest BCUT2D eigenvalue weighted by molar-refractivity contribution is 5.62. The molecule has 0 aliphatic rings. The number of rotatable bonds is 5. The maximum absolute atomic E-state index is 13.0. The zero-order valence-corrected chi connectivity index (χ0v) is 18.1. The molecule has 0 aliphatic heterocycles. The molecule has 2 aromatic carbocycles. The third-order valence-electron chi connectivity index (χ3n) is 5.22. The first-order valence-electron chi connectivity index (χ1n) is 10.0. The Morgan fingerprint density at radius 3 is 2.39 bits per heavy atom. The van der Waals surface area contributed by atoms with Gasteiger partial charge in [0.15, 0.2) is 0 Å². The second kappa shape index (κ2) is 8.53. The molecule has 170 valence electrons. The van der Waals surface area contributed by atoms with E-state index in [1.54, 1.807) is 31.2 Å². The third kappa shape index (κ3) is 4.50. The standard InChI is InChI=1S/C23H20F3N5O2/c1-14-6-4-8-19(31-22(32)30(3)28-29-31)17(14)13-33-20-11-10-16(12-15(20)2)18-7-5-9-21(27-18)23(24,25)26/h4-12H,13H2,1-3H3. The van der Waals surface area contributed by atoms with Gasteiger partial charge in [0.05, 0.1) is 11.4 Å². The molecule has 4 aromatic rings. The Balaban J connectivity index is 1.60. The number of nitrogens with zero attached hydrogens (tertiary/aromatic N) is 5. The molecule has 4 rings (SSSR count). The van der Waals surface area contributed by atoms with Crippen molar-refractivity contribution in [2.24, 2.45) is 7.05 Å². The van der Waals surface area contributed by atoms with Gasteiger partial charge in [0.1, 0.15) is 18.1 Å². The smallest absolute Gasteiger partial charge is 0.433 e. The average Bonchev–Trinajstić information content (AvgIpc) is 3.11. The van der Waals surface area contributed by atoms with E-state index in [-0.39, 0.29) is 18.0 Å². The first-order chi connectivity index (χ1) is 15.6. The van der Waals surface area contributed by atoms with Gasteiger partial charge < -0.3 is 4.74 Å². The molecule has 2 heterocycles. The normalized spacial score (nSPS) is 11.6. The van der Waals surface area contributed by atoms with Gasteiger partial charge in [-0.2, -0.15) is 22.5 Å². The van der Waals surface area contributed by atoms with E-state index in [9.17, 15) is 18.0 Å². The average molecular weight is 455 g/mol. The summed E-state index contributed by atoms with van der Waals surface area (Å²) in [6.45, 7) is 3.87. The summed E-state index contributed by atoms with van der Waals surface area (Å²) in [5.74, 6) is 0.562. The van der Waals surface area contributed by atoms with Gasteiger partial charge in [-0.15, -0.1) is 0 Å². The van der Waals surface area contributed by atoms with Crippen molar-refractivity contribution in [2.45, 2.75) is 26.6 Å². The fraction of sp³-hybridized carbons (Fsp3) is 0.217. The molecular weight excluding hydrogens is 435 g/mol. The Hall–Kier alpha value is -3.95. The van der Waals surface area contributed by atoms with Crippen molar-refractivity contribution in [2.75, 3.05) is 0 Å². The number of tetrazole rings is 1. The predicted molar refractivity (Wildman–Crippen MR) is 115 cm³/mol. The molecule has 33 heavy (non-hydrogen) atoms. The zero-order chi connectivity index (χ0) is 23.8. The Morgan fingerprint density at radius 2 is 1.73 bits per heavy atom. The van der Waals surface area contributed by atoms with Crippen LogP contribution in [0, 0.1) is 13.8 Å². The predicted octanol–water partition coefficient (Wildman–Crippen LogP) is 4.24. The van der Waals surface area contributed by atoms with Gasteiger partial charge in [0.2, 0.25) is 0 Å². The maximum Gasteiger partial charge on any atom is 0.433 e. The number of alkyl halides is 3. The number of hydrogen-bond donors (Lipinski definition) is 0. The molecule has 10 heteroatoms. The highest BCUT2D eigenvalue weighted by Gasteiger charge is 2.32. The van der Waals surface area contributed by atoms with Gasteiger partial charge in [-0.1, -0.05) is 18.2 Å². The minimum absolute atomic E-state index is 0.160. The Kier molecular flexibility index (Phi) is 5.75. The van der Waals surface area contributed by atoms with Crippen molar-refractivity contribution in [3.8, 4) is 22.7 Å². The van der Waals surface area contributed by atoms with Crippen LogP contribution in [-0.2, 0) is 19.8 Å². The lowest BCUT2D eigenvalue weighted by Gasteiger charge is -2.15. The molecule has 0 amide bonds. The monoisotopic (exact) mass is 455 g/mol. The van der Waals surface area contributed by atoms with E-state index in [4.69, 9.17) is 4.74 Å². The van der Waals surface area contributed by atoms with Crippen molar-refractivity contribution >= 4 is 0 Å². The van der Waals surface area contributed by atoms with Crippen LogP contribution in [0.5, 0.6) is 5.75 Å². The molecule has 0 radical (unpaired) electrons. The number of ether oxygens (including phenoxy) is 1. The van der Waals surface area contributed by atoms with E-state index in [1.807, 2.05) is 19.1 Å². The van der Waals surface area contributed by atoms with E-state index in [2.05, 4.69) is 15.4 Å². The molecule has 0 aliphatic carbocycles. The number of benzene rings is 2. The second-order valence-electron chi connectivity index (χ2n) is 7.54. The molecule has 0 saturated carbocycles. The van der Waals surface area contributed by atoms with E-state index in [0.29, 0.717) is 17.0 Å². The summed E-state index contributed by atoms with van der Waals surface area (Å²) in [5, 5.41) is 7.66. The number of pyridine rings is 1. The summed E-state index contributed by atoms with van der Waals surface area (Å²) in [6.07, 6.45) is -4.51. The number of aromatic nitrogens is 5. The van der Waals surface area contributed by atoms with E-state index >= 15 is 0 Å². The molecule has 2 aromatic heterocycles. The first-order valence-corrected chi connectivity index (χ1v) is 10.0. The third-order valence-corrected chi connectivity index (χ3v) is 5.22. The van der Waals surface area contributed by atoms with Crippen LogP contribution in [-0.4, -0.2) is 24.8 Å². The van der Waals surface area contributed by atoms with Gasteiger partial charge in [-0.25, -0.2) is 9.78 Å². The molecule has 0 unspecified atom stereocenters. The SMILES string of the molecule is Cc1cc(-c2cccc(C(F)(F)F)n2)ccc1OCc1c(C)cccc1-n1nnn(C)c1=O. The van der Waals surface area contributed by atoms with Gasteiger partial charge >= 0.3 is 11.9 Å². The van der Waals surface area contributed by atoms with Crippen LogP contribution in [0.2, 0.25) is 0 Å². The van der Waals surface area contributed by atoms with Crippen LogP contribution in [0.3, 0.4) is 0 Å². The van der Waals surface area contributed by atoms with Crippen molar-refractivity contribution in [1.29, 1.82) is 0 Å². The van der Waals surface area contributed by atoms with Gasteiger partial charge in [0.25, 0.3) is 0 Å². The quantitative estimate of drug-likeness (QED) is 0.450. The van der Waals surface area contributed by atoms with Crippen LogP contribution in [0.4, 0.5) is 13.2 Å². The van der Waals surface area contributed by atoms with Gasteiger partial charge in [-0.05, 0) is 71.8 Å². The summed E-state index contributed by atoms with van der Waals surface area (Å²) in [6, 6.07) is 14.4. The molecule has 0 bridgehead atoms.